The van der Waals surface area contributed by atoms with Gasteiger partial charge >= 0.3 is 5.97 Å². The predicted octanol–water partition coefficient (Wildman–Crippen LogP) is 3.43. The summed E-state index contributed by atoms with van der Waals surface area (Å²) in [4.78, 5) is 27.7. The van der Waals surface area contributed by atoms with Gasteiger partial charge in [0.1, 0.15) is 5.60 Å². The number of rotatable bonds is 1. The summed E-state index contributed by atoms with van der Waals surface area (Å²) >= 11 is 0. The smallest absolute Gasteiger partial charge is 0.310 e. The van der Waals surface area contributed by atoms with Gasteiger partial charge in [-0.15, -0.1) is 0 Å². The van der Waals surface area contributed by atoms with Crippen molar-refractivity contribution in [1.82, 2.24) is 0 Å². The van der Waals surface area contributed by atoms with Crippen LogP contribution in [0.1, 0.15) is 52.0 Å². The average Bonchev–Trinajstić information content (AvgIpc) is 2.70. The van der Waals surface area contributed by atoms with E-state index in [1.54, 1.807) is 11.9 Å². The highest BCUT2D eigenvalue weighted by atomic mass is 16.6. The first kappa shape index (κ1) is 16.0. The summed E-state index contributed by atoms with van der Waals surface area (Å²) < 4.78 is 5.65. The van der Waals surface area contributed by atoms with Crippen molar-refractivity contribution in [3.8, 4) is 0 Å². The van der Waals surface area contributed by atoms with Crippen LogP contribution in [-0.4, -0.2) is 24.5 Å². The number of carbonyl (C=O) groups excluding carboxylic acids is 2. The molecule has 1 saturated carbocycles. The van der Waals surface area contributed by atoms with Crippen LogP contribution in [0.3, 0.4) is 0 Å². The number of ether oxygens (including phenoxy) is 1. The van der Waals surface area contributed by atoms with E-state index in [2.05, 4.69) is 0 Å². The van der Waals surface area contributed by atoms with E-state index < -0.39 is 16.9 Å². The Kier molecular flexibility index (Phi) is 3.74. The monoisotopic (exact) mass is 315 g/mol. The number of carbonyl (C=O) groups is 2. The Balaban J connectivity index is 2.07. The molecular weight excluding hydrogens is 290 g/mol. The van der Waals surface area contributed by atoms with Crippen LogP contribution in [0.5, 0.6) is 0 Å². The molecule has 1 aliphatic heterocycles. The lowest BCUT2D eigenvalue weighted by molar-refractivity contribution is -0.166. The molecule has 2 aliphatic rings. The van der Waals surface area contributed by atoms with Gasteiger partial charge in [0, 0.05) is 12.7 Å². The van der Waals surface area contributed by atoms with Gasteiger partial charge in [-0.2, -0.15) is 0 Å². The molecule has 23 heavy (non-hydrogen) atoms. The lowest BCUT2D eigenvalue weighted by Gasteiger charge is -2.39. The number of hydrogen-bond acceptors (Lipinski definition) is 3. The molecule has 0 radical (unpaired) electrons. The van der Waals surface area contributed by atoms with Crippen molar-refractivity contribution < 1.29 is 14.3 Å². The third kappa shape index (κ3) is 2.44. The van der Waals surface area contributed by atoms with Crippen LogP contribution in [0.4, 0.5) is 5.69 Å². The van der Waals surface area contributed by atoms with E-state index in [0.29, 0.717) is 6.42 Å². The van der Waals surface area contributed by atoms with Crippen molar-refractivity contribution >= 4 is 17.6 Å². The molecule has 4 nitrogen and oxygen atoms in total. The quantitative estimate of drug-likeness (QED) is 0.746. The zero-order valence-corrected chi connectivity index (χ0v) is 14.4. The van der Waals surface area contributed by atoms with E-state index in [1.165, 1.54) is 0 Å². The first-order valence-electron chi connectivity index (χ1n) is 8.38. The minimum Gasteiger partial charge on any atom is -0.460 e. The van der Waals surface area contributed by atoms with Crippen LogP contribution in [0.2, 0.25) is 0 Å². The normalized spacial score (nSPS) is 27.2. The maximum atomic E-state index is 13.1. The molecule has 1 aliphatic carbocycles. The van der Waals surface area contributed by atoms with Crippen LogP contribution in [-0.2, 0) is 19.7 Å². The lowest BCUT2D eigenvalue weighted by atomic mass is 9.63. The number of nitrogens with zero attached hydrogens (tertiary/aromatic N) is 1. The maximum absolute atomic E-state index is 13.1. The van der Waals surface area contributed by atoms with Gasteiger partial charge in [0.25, 0.3) is 0 Å². The molecule has 1 aromatic rings. The Hall–Kier alpha value is -1.84. The Morgan fingerprint density at radius 1 is 1.26 bits per heavy atom. The van der Waals surface area contributed by atoms with E-state index in [0.717, 1.165) is 30.5 Å². The van der Waals surface area contributed by atoms with Crippen LogP contribution < -0.4 is 4.90 Å². The highest BCUT2D eigenvalue weighted by molar-refractivity contribution is 6.10. The van der Waals surface area contributed by atoms with Crippen LogP contribution in [0, 0.1) is 5.92 Å². The molecule has 1 heterocycles. The molecule has 0 saturated heterocycles. The molecule has 1 aromatic carbocycles. The van der Waals surface area contributed by atoms with E-state index in [9.17, 15) is 9.59 Å². The third-order valence-electron chi connectivity index (χ3n) is 5.03. The molecule has 0 aromatic heterocycles. The first-order valence-corrected chi connectivity index (χ1v) is 8.38. The second-order valence-electron chi connectivity index (χ2n) is 7.68. The average molecular weight is 315 g/mol. The van der Waals surface area contributed by atoms with E-state index in [1.807, 2.05) is 45.0 Å². The molecule has 3 rings (SSSR count). The molecule has 0 N–H and O–H groups in total. The minimum absolute atomic E-state index is 0.0364. The Morgan fingerprint density at radius 2 is 1.96 bits per heavy atom. The van der Waals surface area contributed by atoms with Crippen molar-refractivity contribution in [3.05, 3.63) is 29.8 Å². The third-order valence-corrected chi connectivity index (χ3v) is 5.03. The molecule has 1 amide bonds. The largest absolute Gasteiger partial charge is 0.460 e. The van der Waals surface area contributed by atoms with Crippen LogP contribution >= 0.6 is 0 Å². The van der Waals surface area contributed by atoms with Gasteiger partial charge in [-0.05, 0) is 45.2 Å². The zero-order chi connectivity index (χ0) is 16.8. The summed E-state index contributed by atoms with van der Waals surface area (Å²) in [7, 11) is 1.80. The Morgan fingerprint density at radius 3 is 2.65 bits per heavy atom. The van der Waals surface area contributed by atoms with Crippen LogP contribution in [0.15, 0.2) is 24.3 Å². The fourth-order valence-electron chi connectivity index (χ4n) is 4.11. The van der Waals surface area contributed by atoms with E-state index >= 15 is 0 Å². The van der Waals surface area contributed by atoms with Gasteiger partial charge in [-0.3, -0.25) is 9.59 Å². The highest BCUT2D eigenvalue weighted by Crippen LogP contribution is 2.53. The highest BCUT2D eigenvalue weighted by Gasteiger charge is 2.58. The lowest BCUT2D eigenvalue weighted by Crippen LogP contribution is -2.50. The second kappa shape index (κ2) is 5.36. The number of benzene rings is 1. The van der Waals surface area contributed by atoms with Crippen molar-refractivity contribution in [2.75, 3.05) is 11.9 Å². The topological polar surface area (TPSA) is 46.6 Å². The number of hydrogen-bond donors (Lipinski definition) is 0. The number of amides is 1. The fraction of sp³-hybridized carbons (Fsp3) is 0.579. The molecule has 4 heteroatoms. The molecule has 2 atom stereocenters. The Labute approximate surface area is 137 Å². The number of anilines is 1. The van der Waals surface area contributed by atoms with Gasteiger partial charge in [0.2, 0.25) is 5.91 Å². The van der Waals surface area contributed by atoms with Crippen LogP contribution in [0.25, 0.3) is 0 Å². The molecule has 0 bridgehead atoms. The van der Waals surface area contributed by atoms with E-state index in [-0.39, 0.29) is 11.9 Å². The summed E-state index contributed by atoms with van der Waals surface area (Å²) in [5.41, 5.74) is 0.630. The number of likely N-dealkylation sites (N-methyl/N-ethyl adjacent to an activating group) is 1. The summed E-state index contributed by atoms with van der Waals surface area (Å²) in [5, 5.41) is 0. The van der Waals surface area contributed by atoms with Crippen molar-refractivity contribution in [2.45, 2.75) is 57.5 Å². The summed E-state index contributed by atoms with van der Waals surface area (Å²) in [6.07, 6.45) is 3.36. The second-order valence-corrected chi connectivity index (χ2v) is 7.68. The summed E-state index contributed by atoms with van der Waals surface area (Å²) in [6, 6.07) is 7.85. The molecule has 1 spiro atoms. The molecule has 124 valence electrons. The van der Waals surface area contributed by atoms with Gasteiger partial charge in [-0.1, -0.05) is 31.0 Å². The zero-order valence-electron chi connectivity index (χ0n) is 14.4. The Bertz CT molecular complexity index is 646. The SMILES string of the molecule is CN1C(=O)[C@@]2(CCCC[C@@H]2C(=O)OC(C)(C)C)c2ccccc21. The summed E-state index contributed by atoms with van der Waals surface area (Å²) in [5.74, 6) is -0.598. The van der Waals surface area contributed by atoms with Crippen molar-refractivity contribution in [1.29, 1.82) is 0 Å². The van der Waals surface area contributed by atoms with Gasteiger partial charge < -0.3 is 9.64 Å². The molecule has 1 fully saturated rings. The first-order chi connectivity index (χ1) is 10.8. The number of fused-ring (bicyclic) bond motifs is 2. The van der Waals surface area contributed by atoms with E-state index in [4.69, 9.17) is 4.74 Å². The molecule has 0 unspecified atom stereocenters. The van der Waals surface area contributed by atoms with Gasteiger partial charge in [-0.25, -0.2) is 0 Å². The van der Waals surface area contributed by atoms with Crippen molar-refractivity contribution in [2.24, 2.45) is 5.92 Å². The van der Waals surface area contributed by atoms with Gasteiger partial charge in [0.05, 0.1) is 11.3 Å². The fourth-order valence-corrected chi connectivity index (χ4v) is 4.11. The number of esters is 1. The minimum atomic E-state index is -0.744. The number of para-hydroxylation sites is 1. The maximum Gasteiger partial charge on any atom is 0.310 e. The standard InChI is InChI=1S/C19H25NO3/c1-18(2,3)23-16(21)14-10-7-8-12-19(14)13-9-5-6-11-15(13)20(4)17(19)22/h5-6,9,11,14H,7-8,10,12H2,1-4H3/t14-,19+/m1/s1. The van der Waals surface area contributed by atoms with Crippen molar-refractivity contribution in [3.63, 3.8) is 0 Å². The van der Waals surface area contributed by atoms with Gasteiger partial charge in [0.15, 0.2) is 0 Å². The molecular formula is C19H25NO3. The summed E-state index contributed by atoms with van der Waals surface area (Å²) in [6.45, 7) is 5.62. The predicted molar refractivity (Wildman–Crippen MR) is 89.3 cm³/mol.